The van der Waals surface area contributed by atoms with Crippen LogP contribution in [0.25, 0.3) is 66.7 Å². The summed E-state index contributed by atoms with van der Waals surface area (Å²) in [5.74, 6) is -5.08. The van der Waals surface area contributed by atoms with Gasteiger partial charge in [0.25, 0.3) is 0 Å². The fraction of sp³-hybridized carbons (Fsp3) is 0.225. The highest BCUT2D eigenvalue weighted by molar-refractivity contribution is 6.00. The maximum absolute atomic E-state index is 15.6. The Morgan fingerprint density at radius 3 is 1.16 bits per heavy atom. The highest BCUT2D eigenvalue weighted by atomic mass is 16.4. The van der Waals surface area contributed by atoms with E-state index in [2.05, 4.69) is 62.9 Å². The second-order valence-corrected chi connectivity index (χ2v) is 25.8. The van der Waals surface area contributed by atoms with Crippen molar-refractivity contribution in [3.8, 4) is 0 Å². The number of carbonyl (C=O) groups is 8. The van der Waals surface area contributed by atoms with Crippen molar-refractivity contribution in [3.05, 3.63) is 245 Å². The van der Waals surface area contributed by atoms with Crippen molar-refractivity contribution in [2.45, 2.75) is 107 Å². The molecule has 1 aliphatic heterocycles. The molecule has 7 aromatic carbocycles. The molecule has 12 aromatic rings. The Balaban J connectivity index is 0.715. The number of aromatic amines is 5. The molecule has 21 heteroatoms. The van der Waals surface area contributed by atoms with Gasteiger partial charge in [-0.3, -0.25) is 33.6 Å². The monoisotopic (exact) mass is 1350 g/mol. The number of rotatable bonds is 29. The van der Waals surface area contributed by atoms with Crippen LogP contribution in [0.1, 0.15) is 83.0 Å². The molecule has 512 valence electrons. The van der Waals surface area contributed by atoms with Gasteiger partial charge < -0.3 is 66.8 Å². The van der Waals surface area contributed by atoms with Crippen LogP contribution in [0.15, 0.2) is 201 Å². The minimum atomic E-state index is -1.41. The van der Waals surface area contributed by atoms with E-state index in [0.717, 1.165) is 82.5 Å². The average molecular weight is 1350 g/mol. The second-order valence-electron chi connectivity index (χ2n) is 25.8. The number of H-pyrrole nitrogens is 5. The molecule has 0 saturated carbocycles. The van der Waals surface area contributed by atoms with E-state index >= 15 is 14.4 Å². The highest BCUT2D eigenvalue weighted by Crippen LogP contribution is 2.31. The van der Waals surface area contributed by atoms with Crippen LogP contribution in [0.3, 0.4) is 0 Å². The molecule has 0 unspecified atom stereocenters. The van der Waals surface area contributed by atoms with E-state index in [0.29, 0.717) is 54.6 Å². The van der Waals surface area contributed by atoms with Gasteiger partial charge in [0.15, 0.2) is 0 Å². The van der Waals surface area contributed by atoms with E-state index in [4.69, 9.17) is 0 Å². The first-order valence-corrected chi connectivity index (χ1v) is 34.2. The molecule has 6 heterocycles. The normalized spacial score (nSPS) is 13.8. The summed E-state index contributed by atoms with van der Waals surface area (Å²) in [7, 11) is 0. The minimum Gasteiger partial charge on any atom is -0.480 e. The number of carboxylic acid groups (broad SMARTS) is 1. The Labute approximate surface area is 581 Å². The molecule has 7 amide bonds. The van der Waals surface area contributed by atoms with Gasteiger partial charge in [0.1, 0.15) is 30.2 Å². The number of aliphatic carboxylic acids is 1. The lowest BCUT2D eigenvalue weighted by molar-refractivity contribution is -0.142. The standard InChI is InChI=1S/C80H78N12O9/c93-73(35-36-75(95)92-48-51-20-4-3-18-49(51)33-34-50-19-5-16-31-72(50)92)81-37-17-1-2-32-74(94)87-67(38-52-43-82-62-26-11-6-21-57(52)62)76(96)88-68(39-53-44-83-63-27-12-7-22-58(53)63)77(97)89-69(40-54-45-84-64-28-13-8-23-59(54)64)78(98)90-70(41-55-46-85-65-29-14-9-24-60(55)65)79(99)91-71(80(100)101)42-56-47-86-66-30-15-10-25-61(56)66/h3-16,18-31,33-34,43-47,67-71,82-86H,1-2,17,32,35-42,48H2,(H,81,93)(H,87,94)(H,88,96)(H,89,97)(H,90,98)(H,91,99)(H,100,101)/b34-33-/t67-,68-,69-,70-,71-/m1/s1. The fourth-order valence-electron chi connectivity index (χ4n) is 13.6. The molecule has 0 spiro atoms. The van der Waals surface area contributed by atoms with Crippen molar-refractivity contribution in [1.29, 1.82) is 0 Å². The molecular weight excluding hydrogens is 1270 g/mol. The number of para-hydroxylation sites is 6. The van der Waals surface area contributed by atoms with Crippen molar-refractivity contribution >= 4 is 120 Å². The molecule has 0 radical (unpaired) electrons. The number of nitrogens with one attached hydrogen (secondary N) is 11. The van der Waals surface area contributed by atoms with E-state index in [1.807, 2.05) is 176 Å². The van der Waals surface area contributed by atoms with Gasteiger partial charge >= 0.3 is 5.97 Å². The van der Waals surface area contributed by atoms with Crippen molar-refractivity contribution in [3.63, 3.8) is 0 Å². The number of carboxylic acids is 1. The van der Waals surface area contributed by atoms with Crippen LogP contribution < -0.4 is 36.8 Å². The number of nitrogens with zero attached hydrogens (tertiary/aromatic N) is 1. The first-order valence-electron chi connectivity index (χ1n) is 34.2. The summed E-state index contributed by atoms with van der Waals surface area (Å²) < 4.78 is 0. The van der Waals surface area contributed by atoms with Crippen LogP contribution in [-0.4, -0.2) is 114 Å². The molecule has 13 rings (SSSR count). The zero-order valence-electron chi connectivity index (χ0n) is 55.4. The lowest BCUT2D eigenvalue weighted by atomic mass is 9.99. The molecule has 0 bridgehead atoms. The van der Waals surface area contributed by atoms with E-state index in [1.165, 1.54) is 0 Å². The molecule has 5 atom stereocenters. The lowest BCUT2D eigenvalue weighted by Crippen LogP contribution is -2.60. The smallest absolute Gasteiger partial charge is 0.326 e. The Kier molecular flexibility index (Phi) is 20.7. The van der Waals surface area contributed by atoms with Crippen molar-refractivity contribution in [2.75, 3.05) is 11.4 Å². The number of anilines is 1. The molecular formula is C80H78N12O9. The lowest BCUT2D eigenvalue weighted by Gasteiger charge is -2.27. The largest absolute Gasteiger partial charge is 0.480 e. The van der Waals surface area contributed by atoms with Crippen LogP contribution in [0.4, 0.5) is 5.69 Å². The highest BCUT2D eigenvalue weighted by Gasteiger charge is 2.35. The number of unbranched alkanes of at least 4 members (excludes halogenated alkanes) is 2. The van der Waals surface area contributed by atoms with Crippen LogP contribution in [-0.2, 0) is 77.0 Å². The van der Waals surface area contributed by atoms with E-state index in [1.54, 1.807) is 35.9 Å². The molecule has 0 fully saturated rings. The molecule has 21 nitrogen and oxygen atoms in total. The average Bonchev–Trinajstić information content (AvgIpc) is 1.26. The molecule has 101 heavy (non-hydrogen) atoms. The molecule has 0 aliphatic carbocycles. The van der Waals surface area contributed by atoms with Crippen LogP contribution in [0.2, 0.25) is 0 Å². The maximum Gasteiger partial charge on any atom is 0.326 e. The first-order chi connectivity index (χ1) is 49.3. The summed E-state index contributed by atoms with van der Waals surface area (Å²) in [6.45, 7) is 0.701. The summed E-state index contributed by atoms with van der Waals surface area (Å²) in [4.78, 5) is 133. The van der Waals surface area contributed by atoms with Gasteiger partial charge in [0.2, 0.25) is 41.4 Å². The summed E-state index contributed by atoms with van der Waals surface area (Å²) >= 11 is 0. The molecule has 12 N–H and O–H groups in total. The topological polar surface area (TPSA) is 311 Å². The minimum absolute atomic E-state index is 0.00253. The van der Waals surface area contributed by atoms with Gasteiger partial charge in [-0.2, -0.15) is 0 Å². The first kappa shape index (κ1) is 67.3. The molecule has 0 saturated heterocycles. The maximum atomic E-state index is 15.6. The van der Waals surface area contributed by atoms with Crippen molar-refractivity contribution in [2.24, 2.45) is 0 Å². The predicted molar refractivity (Wildman–Crippen MR) is 391 cm³/mol. The number of hydrogen-bond acceptors (Lipinski definition) is 8. The predicted octanol–water partition coefficient (Wildman–Crippen LogP) is 10.3. The van der Waals surface area contributed by atoms with Crippen LogP contribution in [0, 0.1) is 0 Å². The second kappa shape index (κ2) is 31.1. The zero-order chi connectivity index (χ0) is 69.8. The van der Waals surface area contributed by atoms with Gasteiger partial charge in [-0.05, 0) is 93.7 Å². The van der Waals surface area contributed by atoms with Gasteiger partial charge in [-0.1, -0.05) is 152 Å². The van der Waals surface area contributed by atoms with Crippen molar-refractivity contribution in [1.82, 2.24) is 56.8 Å². The summed E-state index contributed by atoms with van der Waals surface area (Å²) in [5.41, 5.74) is 11.1. The van der Waals surface area contributed by atoms with Gasteiger partial charge in [-0.15, -0.1) is 0 Å². The zero-order valence-corrected chi connectivity index (χ0v) is 55.4. The molecule has 1 aliphatic rings. The van der Waals surface area contributed by atoms with Crippen molar-refractivity contribution < 1.29 is 43.5 Å². The number of fused-ring (bicyclic) bond motifs is 7. The Morgan fingerprint density at radius 2 is 0.723 bits per heavy atom. The number of aromatic nitrogens is 5. The number of carbonyl (C=O) groups excluding carboxylic acids is 7. The summed E-state index contributed by atoms with van der Waals surface area (Å²) in [6, 6.07) is 46.4. The Bertz CT molecular complexity index is 5070. The summed E-state index contributed by atoms with van der Waals surface area (Å²) in [5, 5.41) is 32.2. The third kappa shape index (κ3) is 16.0. The van der Waals surface area contributed by atoms with Gasteiger partial charge in [0, 0.05) is 143 Å². The van der Waals surface area contributed by atoms with E-state index < -0.39 is 65.7 Å². The van der Waals surface area contributed by atoms with E-state index in [-0.39, 0.29) is 63.2 Å². The number of amides is 7. The third-order valence-electron chi connectivity index (χ3n) is 19.0. The summed E-state index contributed by atoms with van der Waals surface area (Å²) in [6.07, 6.45) is 14.1. The Morgan fingerprint density at radius 1 is 0.366 bits per heavy atom. The molecule has 5 aromatic heterocycles. The van der Waals surface area contributed by atoms with Crippen LogP contribution >= 0.6 is 0 Å². The van der Waals surface area contributed by atoms with Crippen LogP contribution in [0.5, 0.6) is 0 Å². The third-order valence-corrected chi connectivity index (χ3v) is 19.0. The quantitative estimate of drug-likeness (QED) is 0.0198. The Hall–Kier alpha value is -12.3. The van der Waals surface area contributed by atoms with Gasteiger partial charge in [0.05, 0.1) is 12.2 Å². The number of hydrogen-bond donors (Lipinski definition) is 12. The van der Waals surface area contributed by atoms with Gasteiger partial charge in [-0.25, -0.2) is 4.79 Å². The van der Waals surface area contributed by atoms with E-state index in [9.17, 15) is 29.1 Å². The number of benzene rings is 7. The fourth-order valence-corrected chi connectivity index (χ4v) is 13.6. The SMILES string of the molecule is O=C(CCC(=O)N1Cc2ccccc2/C=C\c2ccccc21)NCCCCCC(=O)N[C@H](Cc1c[nH]c2ccccc12)C(=O)N[C@H](Cc1c[nH]c2ccccc12)C(=O)N[C@H](Cc1c[nH]c2ccccc12)C(=O)N[C@H](Cc1c[nH]c2ccccc12)C(=O)N[C@H](Cc1c[nH]c2ccccc12)C(=O)O.